The molecule has 1 aromatic rings. The highest BCUT2D eigenvalue weighted by atomic mass is 19.4. The lowest BCUT2D eigenvalue weighted by Crippen LogP contribution is -2.53. The number of halogens is 3. The second-order valence-corrected chi connectivity index (χ2v) is 12.7. The lowest BCUT2D eigenvalue weighted by atomic mass is 9.46. The van der Waals surface area contributed by atoms with E-state index in [1.807, 2.05) is 6.92 Å². The van der Waals surface area contributed by atoms with Crippen molar-refractivity contribution in [2.45, 2.75) is 103 Å². The molecular weight excluding hydrogens is 451 g/mol. The van der Waals surface area contributed by atoms with Crippen molar-refractivity contribution in [2.75, 3.05) is 0 Å². The SMILES string of the molecule is C[C@]12CC[C@H]3[C@@H](CC=C4C[C@@H](O)CC[C@@]43C)[C@@H]1CC[C@@H]2[C@](C)(O)CCc1ccc(C(F)(F)F)nc1. The van der Waals surface area contributed by atoms with Gasteiger partial charge < -0.3 is 10.2 Å². The smallest absolute Gasteiger partial charge is 0.393 e. The van der Waals surface area contributed by atoms with Crippen LogP contribution in [0.2, 0.25) is 0 Å². The summed E-state index contributed by atoms with van der Waals surface area (Å²) in [5, 5.41) is 21.9. The predicted octanol–water partition coefficient (Wildman–Crippen LogP) is 6.72. The molecule has 6 heteroatoms. The number of hydrogen-bond acceptors (Lipinski definition) is 3. The third kappa shape index (κ3) is 4.27. The Hall–Kier alpha value is -1.40. The van der Waals surface area contributed by atoms with Gasteiger partial charge in [-0.15, -0.1) is 0 Å². The highest BCUT2D eigenvalue weighted by Gasteiger charge is 2.61. The molecule has 4 aliphatic carbocycles. The number of fused-ring (bicyclic) bond motifs is 5. The molecule has 0 bridgehead atoms. The van der Waals surface area contributed by atoms with Gasteiger partial charge in [0, 0.05) is 6.20 Å². The topological polar surface area (TPSA) is 53.4 Å². The monoisotopic (exact) mass is 491 g/mol. The number of aryl methyl sites for hydroxylation is 1. The number of allylic oxidation sites excluding steroid dienone is 1. The summed E-state index contributed by atoms with van der Waals surface area (Å²) >= 11 is 0. The Labute approximate surface area is 207 Å². The van der Waals surface area contributed by atoms with Crippen LogP contribution in [0, 0.1) is 34.5 Å². The first-order valence-corrected chi connectivity index (χ1v) is 13.5. The molecule has 1 aromatic heterocycles. The van der Waals surface area contributed by atoms with Crippen LogP contribution >= 0.6 is 0 Å². The van der Waals surface area contributed by atoms with E-state index >= 15 is 0 Å². The van der Waals surface area contributed by atoms with E-state index in [2.05, 4.69) is 24.9 Å². The summed E-state index contributed by atoms with van der Waals surface area (Å²) in [4.78, 5) is 3.59. The normalized spacial score (nSPS) is 40.8. The molecule has 4 aliphatic rings. The van der Waals surface area contributed by atoms with Crippen molar-refractivity contribution in [1.82, 2.24) is 4.98 Å². The molecule has 194 valence electrons. The van der Waals surface area contributed by atoms with E-state index in [0.29, 0.717) is 30.6 Å². The zero-order chi connectivity index (χ0) is 25.2. The van der Waals surface area contributed by atoms with Gasteiger partial charge in [0.2, 0.25) is 0 Å². The van der Waals surface area contributed by atoms with Crippen LogP contribution in [-0.4, -0.2) is 26.9 Å². The summed E-state index contributed by atoms with van der Waals surface area (Å²) in [6.45, 7) is 6.77. The standard InChI is InChI=1S/C29H40F3NO2/c1-26-13-11-20(34)16-19(26)5-6-21-22-7-8-24(27(22,2)14-12-23(21)26)28(3,35)15-10-18-4-9-25(33-17-18)29(30,31)32/h4-5,9,17,20-24,34-35H,6-8,10-16H2,1-3H3/t20-,21-,22-,23-,24-,26-,27-,28+/m0/s1. The minimum absolute atomic E-state index is 0.0823. The maximum absolute atomic E-state index is 12.8. The number of nitrogens with zero attached hydrogens (tertiary/aromatic N) is 1. The minimum atomic E-state index is -4.43. The van der Waals surface area contributed by atoms with E-state index in [9.17, 15) is 23.4 Å². The van der Waals surface area contributed by atoms with Crippen molar-refractivity contribution in [1.29, 1.82) is 0 Å². The van der Waals surface area contributed by atoms with Gasteiger partial charge in [-0.3, -0.25) is 4.98 Å². The van der Waals surface area contributed by atoms with Crippen LogP contribution in [0.4, 0.5) is 13.2 Å². The van der Waals surface area contributed by atoms with E-state index in [1.165, 1.54) is 24.3 Å². The molecule has 0 aromatic carbocycles. The average Bonchev–Trinajstić information content (AvgIpc) is 3.16. The van der Waals surface area contributed by atoms with E-state index < -0.39 is 17.5 Å². The molecule has 0 unspecified atom stereocenters. The van der Waals surface area contributed by atoms with E-state index in [4.69, 9.17) is 0 Å². The first-order chi connectivity index (χ1) is 16.3. The second-order valence-electron chi connectivity index (χ2n) is 12.7. The van der Waals surface area contributed by atoms with Gasteiger partial charge in [0.05, 0.1) is 11.7 Å². The number of pyridine rings is 1. The molecule has 3 saturated carbocycles. The summed E-state index contributed by atoms with van der Waals surface area (Å²) in [6.07, 6.45) is 8.52. The van der Waals surface area contributed by atoms with Crippen molar-refractivity contribution in [3.05, 3.63) is 41.2 Å². The Kier molecular flexibility index (Phi) is 6.19. The van der Waals surface area contributed by atoms with Gasteiger partial charge in [-0.1, -0.05) is 31.6 Å². The number of aliphatic hydroxyl groups excluding tert-OH is 1. The average molecular weight is 492 g/mol. The number of alkyl halides is 3. The molecule has 0 radical (unpaired) electrons. The zero-order valence-electron chi connectivity index (χ0n) is 21.2. The van der Waals surface area contributed by atoms with Gasteiger partial charge >= 0.3 is 6.18 Å². The van der Waals surface area contributed by atoms with Crippen LogP contribution in [0.5, 0.6) is 0 Å². The second kappa shape index (κ2) is 8.58. The molecule has 2 N–H and O–H groups in total. The van der Waals surface area contributed by atoms with Crippen LogP contribution in [0.15, 0.2) is 30.0 Å². The van der Waals surface area contributed by atoms with Crippen molar-refractivity contribution >= 4 is 0 Å². The summed E-state index contributed by atoms with van der Waals surface area (Å²) in [7, 11) is 0. The highest BCUT2D eigenvalue weighted by molar-refractivity contribution is 5.26. The number of aliphatic hydroxyl groups is 2. The van der Waals surface area contributed by atoms with Crippen molar-refractivity contribution in [3.8, 4) is 0 Å². The Balaban J connectivity index is 1.30. The van der Waals surface area contributed by atoms with Crippen LogP contribution < -0.4 is 0 Å². The highest BCUT2D eigenvalue weighted by Crippen LogP contribution is 2.67. The maximum atomic E-state index is 12.8. The van der Waals surface area contributed by atoms with Crippen LogP contribution in [-0.2, 0) is 12.6 Å². The minimum Gasteiger partial charge on any atom is -0.393 e. The van der Waals surface area contributed by atoms with Crippen LogP contribution in [0.3, 0.4) is 0 Å². The maximum Gasteiger partial charge on any atom is 0.433 e. The third-order valence-corrected chi connectivity index (χ3v) is 10.9. The van der Waals surface area contributed by atoms with Gasteiger partial charge in [-0.2, -0.15) is 13.2 Å². The predicted molar refractivity (Wildman–Crippen MR) is 129 cm³/mol. The number of rotatable bonds is 4. The molecule has 35 heavy (non-hydrogen) atoms. The van der Waals surface area contributed by atoms with E-state index in [0.717, 1.165) is 56.6 Å². The fourth-order valence-corrected chi connectivity index (χ4v) is 8.97. The molecule has 5 rings (SSSR count). The Bertz CT molecular complexity index is 971. The van der Waals surface area contributed by atoms with Gasteiger partial charge in [-0.25, -0.2) is 0 Å². The summed E-state index contributed by atoms with van der Waals surface area (Å²) in [6, 6.07) is 2.53. The lowest BCUT2D eigenvalue weighted by molar-refractivity contribution is -0.141. The Morgan fingerprint density at radius 1 is 1.06 bits per heavy atom. The molecule has 0 saturated heterocycles. The van der Waals surface area contributed by atoms with Crippen molar-refractivity contribution in [3.63, 3.8) is 0 Å². The van der Waals surface area contributed by atoms with Gasteiger partial charge in [0.1, 0.15) is 5.69 Å². The van der Waals surface area contributed by atoms with Crippen molar-refractivity contribution < 1.29 is 23.4 Å². The Morgan fingerprint density at radius 3 is 2.51 bits per heavy atom. The zero-order valence-corrected chi connectivity index (χ0v) is 21.2. The lowest BCUT2D eigenvalue weighted by Gasteiger charge is -2.59. The molecule has 1 heterocycles. The molecule has 8 atom stereocenters. The van der Waals surface area contributed by atoms with Crippen LogP contribution in [0.25, 0.3) is 0 Å². The molecule has 0 amide bonds. The fraction of sp³-hybridized carbons (Fsp3) is 0.759. The largest absolute Gasteiger partial charge is 0.433 e. The van der Waals surface area contributed by atoms with Gasteiger partial charge in [0.25, 0.3) is 0 Å². The van der Waals surface area contributed by atoms with Crippen molar-refractivity contribution in [2.24, 2.45) is 34.5 Å². The molecule has 3 nitrogen and oxygen atoms in total. The summed E-state index contributed by atoms with van der Waals surface area (Å²) in [5.41, 5.74) is 0.764. The first kappa shape index (κ1) is 25.3. The van der Waals surface area contributed by atoms with Gasteiger partial charge in [0.15, 0.2) is 0 Å². The van der Waals surface area contributed by atoms with Gasteiger partial charge in [-0.05, 0) is 117 Å². The van der Waals surface area contributed by atoms with E-state index in [1.54, 1.807) is 0 Å². The summed E-state index contributed by atoms with van der Waals surface area (Å²) < 4.78 is 38.5. The van der Waals surface area contributed by atoms with Crippen LogP contribution in [0.1, 0.15) is 89.8 Å². The summed E-state index contributed by atoms with van der Waals surface area (Å²) in [5.74, 6) is 2.08. The first-order valence-electron chi connectivity index (χ1n) is 13.5. The third-order valence-electron chi connectivity index (χ3n) is 10.9. The number of hydrogen-bond donors (Lipinski definition) is 2. The Morgan fingerprint density at radius 2 is 1.83 bits per heavy atom. The quantitative estimate of drug-likeness (QED) is 0.460. The fourth-order valence-electron chi connectivity index (χ4n) is 8.97. The number of aromatic nitrogens is 1. The molecule has 3 fully saturated rings. The molecular formula is C29H40F3NO2. The van der Waals surface area contributed by atoms with E-state index in [-0.39, 0.29) is 22.9 Å². The molecule has 0 spiro atoms. The molecule has 0 aliphatic heterocycles.